The zero-order valence-corrected chi connectivity index (χ0v) is 23.5. The van der Waals surface area contributed by atoms with Crippen LogP contribution in [-0.2, 0) is 11.4 Å². The van der Waals surface area contributed by atoms with Gasteiger partial charge in [0, 0.05) is 44.3 Å². The van der Waals surface area contributed by atoms with Crippen molar-refractivity contribution in [3.05, 3.63) is 71.5 Å². The molecule has 1 fully saturated rings. The van der Waals surface area contributed by atoms with Crippen LogP contribution in [0.4, 0.5) is 0 Å². The predicted molar refractivity (Wildman–Crippen MR) is 150 cm³/mol. The molecule has 2 aliphatic rings. The van der Waals surface area contributed by atoms with E-state index in [2.05, 4.69) is 99.2 Å². The van der Waals surface area contributed by atoms with Gasteiger partial charge in [0.05, 0.1) is 18.2 Å². The molecule has 0 amide bonds. The van der Waals surface area contributed by atoms with Gasteiger partial charge >= 0.3 is 0 Å². The molecule has 3 rings (SSSR count). The lowest BCUT2D eigenvalue weighted by Crippen LogP contribution is -2.36. The maximum atomic E-state index is 9.41. The van der Waals surface area contributed by atoms with Gasteiger partial charge in [-0.15, -0.1) is 0 Å². The summed E-state index contributed by atoms with van der Waals surface area (Å²) in [6.45, 7) is 14.2. The second-order valence-electron chi connectivity index (χ2n) is 10.9. The van der Waals surface area contributed by atoms with Crippen LogP contribution in [0.2, 0.25) is 0 Å². The van der Waals surface area contributed by atoms with E-state index in [1.54, 1.807) is 0 Å². The molecule has 2 aliphatic heterocycles. The van der Waals surface area contributed by atoms with E-state index in [4.69, 9.17) is 4.84 Å². The Hall–Kier alpha value is -1.92. The van der Waals surface area contributed by atoms with Crippen LogP contribution in [-0.4, -0.2) is 64.3 Å². The highest BCUT2D eigenvalue weighted by atomic mass is 16.7. The molecule has 36 heavy (non-hydrogen) atoms. The molecular weight excluding hydrogens is 446 g/mol. The van der Waals surface area contributed by atoms with Crippen LogP contribution < -0.4 is 0 Å². The van der Waals surface area contributed by atoms with Crippen LogP contribution in [0.15, 0.2) is 60.3 Å². The smallest absolute Gasteiger partial charge is 0.0928 e. The van der Waals surface area contributed by atoms with Gasteiger partial charge in [-0.25, -0.2) is 0 Å². The minimum atomic E-state index is -0.140. The summed E-state index contributed by atoms with van der Waals surface area (Å²) >= 11 is 0. The van der Waals surface area contributed by atoms with Crippen molar-refractivity contribution in [2.45, 2.75) is 97.1 Å². The standard InChI is InChI=1S/C31H49N3O2/c1-7-31(21-30(34(8-2)36-31)29-17-15-27(24-35)16-18-29)19-20-32(6)22-28-14-12-10-9-11-13-26(5)33(23-28)25(3)4/h10-13,15-18,23,25-26,30,35H,7-9,14,19-22,24H2,1-6H3/b12-10-,13-11-,28-23+. The summed E-state index contributed by atoms with van der Waals surface area (Å²) in [6.07, 6.45) is 16.6. The lowest BCUT2D eigenvalue weighted by Gasteiger charge is -2.33. The van der Waals surface area contributed by atoms with Gasteiger partial charge in [-0.3, -0.25) is 4.84 Å². The number of rotatable bonds is 10. The molecular formula is C31H49N3O2. The Morgan fingerprint density at radius 3 is 2.53 bits per heavy atom. The highest BCUT2D eigenvalue weighted by Crippen LogP contribution is 2.44. The number of benzene rings is 1. The second kappa shape index (κ2) is 13.6. The maximum Gasteiger partial charge on any atom is 0.0928 e. The molecule has 2 heterocycles. The molecule has 0 radical (unpaired) electrons. The zero-order valence-electron chi connectivity index (χ0n) is 23.5. The summed E-state index contributed by atoms with van der Waals surface area (Å²) in [5.41, 5.74) is 3.54. The third-order valence-corrected chi connectivity index (χ3v) is 7.78. The first kappa shape index (κ1) is 28.6. The van der Waals surface area contributed by atoms with E-state index in [1.807, 2.05) is 12.1 Å². The third kappa shape index (κ3) is 7.55. The average molecular weight is 496 g/mol. The zero-order chi connectivity index (χ0) is 26.1. The molecule has 0 aromatic heterocycles. The quantitative estimate of drug-likeness (QED) is 0.389. The lowest BCUT2D eigenvalue weighted by molar-refractivity contribution is -0.207. The van der Waals surface area contributed by atoms with Gasteiger partial charge < -0.3 is 14.9 Å². The monoisotopic (exact) mass is 495 g/mol. The normalized spacial score (nSPS) is 28.9. The summed E-state index contributed by atoms with van der Waals surface area (Å²) in [4.78, 5) is 11.6. The minimum absolute atomic E-state index is 0.0843. The fourth-order valence-corrected chi connectivity index (χ4v) is 5.46. The van der Waals surface area contributed by atoms with E-state index in [0.29, 0.717) is 12.1 Å². The van der Waals surface area contributed by atoms with Crippen LogP contribution in [0, 0.1) is 0 Å². The second-order valence-corrected chi connectivity index (χ2v) is 10.9. The third-order valence-electron chi connectivity index (χ3n) is 7.78. The van der Waals surface area contributed by atoms with Crippen molar-refractivity contribution >= 4 is 0 Å². The molecule has 200 valence electrons. The topological polar surface area (TPSA) is 39.2 Å². The molecule has 0 aliphatic carbocycles. The van der Waals surface area contributed by atoms with Crippen molar-refractivity contribution < 1.29 is 9.94 Å². The summed E-state index contributed by atoms with van der Waals surface area (Å²) < 4.78 is 0. The molecule has 0 bridgehead atoms. The fraction of sp³-hybridized carbons (Fsp3) is 0.613. The van der Waals surface area contributed by atoms with Crippen LogP contribution in [0.5, 0.6) is 0 Å². The van der Waals surface area contributed by atoms with Crippen molar-refractivity contribution in [3.63, 3.8) is 0 Å². The number of hydrogen-bond acceptors (Lipinski definition) is 5. The molecule has 1 saturated heterocycles. The minimum Gasteiger partial charge on any atom is -0.392 e. The van der Waals surface area contributed by atoms with E-state index in [9.17, 15) is 5.11 Å². The summed E-state index contributed by atoms with van der Waals surface area (Å²) in [5.74, 6) is 0. The Morgan fingerprint density at radius 1 is 1.14 bits per heavy atom. The molecule has 1 aromatic carbocycles. The number of hydroxylamine groups is 2. The van der Waals surface area contributed by atoms with Crippen molar-refractivity contribution in [1.29, 1.82) is 0 Å². The van der Waals surface area contributed by atoms with E-state index in [0.717, 1.165) is 57.3 Å². The summed E-state index contributed by atoms with van der Waals surface area (Å²) in [6, 6.07) is 9.48. The van der Waals surface area contributed by atoms with E-state index < -0.39 is 0 Å². The number of allylic oxidation sites excluding steroid dienone is 3. The van der Waals surface area contributed by atoms with E-state index in [-0.39, 0.29) is 18.2 Å². The molecule has 1 N–H and O–H groups in total. The van der Waals surface area contributed by atoms with Gasteiger partial charge in [-0.05, 0) is 70.2 Å². The molecule has 3 atom stereocenters. The molecule has 0 spiro atoms. The van der Waals surface area contributed by atoms with Gasteiger partial charge in [0.2, 0.25) is 0 Å². The molecule has 5 heteroatoms. The Bertz CT molecular complexity index is 892. The molecule has 3 unspecified atom stereocenters. The van der Waals surface area contributed by atoms with Crippen molar-refractivity contribution in [2.24, 2.45) is 0 Å². The van der Waals surface area contributed by atoms with Crippen molar-refractivity contribution in [2.75, 3.05) is 26.7 Å². The number of aliphatic hydroxyl groups is 1. The number of aliphatic hydroxyl groups excluding tert-OH is 1. The Balaban J connectivity index is 1.67. The molecule has 1 aromatic rings. The van der Waals surface area contributed by atoms with Gasteiger partial charge in [-0.1, -0.05) is 62.4 Å². The summed E-state index contributed by atoms with van der Waals surface area (Å²) in [5, 5.41) is 11.6. The van der Waals surface area contributed by atoms with Crippen LogP contribution in [0.1, 0.15) is 83.9 Å². The maximum absolute atomic E-state index is 9.41. The Labute approximate surface area is 220 Å². The largest absolute Gasteiger partial charge is 0.392 e. The number of nitrogens with zero attached hydrogens (tertiary/aromatic N) is 3. The predicted octanol–water partition coefficient (Wildman–Crippen LogP) is 6.24. The van der Waals surface area contributed by atoms with Gasteiger partial charge in [-0.2, -0.15) is 5.06 Å². The van der Waals surface area contributed by atoms with E-state index in [1.165, 1.54) is 11.1 Å². The van der Waals surface area contributed by atoms with Crippen LogP contribution in [0.3, 0.4) is 0 Å². The Kier molecular flexibility index (Phi) is 10.8. The highest BCUT2D eigenvalue weighted by molar-refractivity contribution is 5.25. The number of hydrogen-bond donors (Lipinski definition) is 1. The molecule has 5 nitrogen and oxygen atoms in total. The Morgan fingerprint density at radius 2 is 1.89 bits per heavy atom. The first-order chi connectivity index (χ1) is 17.3. The van der Waals surface area contributed by atoms with Crippen molar-refractivity contribution in [3.8, 4) is 0 Å². The number of likely N-dealkylation sites (N-methyl/N-ethyl adjacent to an activating group) is 1. The highest BCUT2D eigenvalue weighted by Gasteiger charge is 2.44. The first-order valence-electron chi connectivity index (χ1n) is 13.9. The lowest BCUT2D eigenvalue weighted by atomic mass is 9.87. The molecule has 0 saturated carbocycles. The SMILES string of the molecule is CCN1OC(CC)(CCN(C)C/C2=C/N(C(C)C)C(C)/C=C\C/C=C\C2)CC1c1ccc(CO)cc1. The van der Waals surface area contributed by atoms with Crippen molar-refractivity contribution in [1.82, 2.24) is 14.9 Å². The first-order valence-corrected chi connectivity index (χ1v) is 13.9. The van der Waals surface area contributed by atoms with Gasteiger partial charge in [0.25, 0.3) is 0 Å². The van der Waals surface area contributed by atoms with Crippen LogP contribution >= 0.6 is 0 Å². The van der Waals surface area contributed by atoms with Gasteiger partial charge in [0.15, 0.2) is 0 Å². The fourth-order valence-electron chi connectivity index (χ4n) is 5.46. The average Bonchev–Trinajstić information content (AvgIpc) is 3.27. The van der Waals surface area contributed by atoms with Crippen LogP contribution in [0.25, 0.3) is 0 Å². The van der Waals surface area contributed by atoms with Gasteiger partial charge in [0.1, 0.15) is 0 Å². The van der Waals surface area contributed by atoms with E-state index >= 15 is 0 Å². The summed E-state index contributed by atoms with van der Waals surface area (Å²) in [7, 11) is 2.24.